The summed E-state index contributed by atoms with van der Waals surface area (Å²) in [5.41, 5.74) is 1.02. The lowest BCUT2D eigenvalue weighted by Crippen LogP contribution is -2.10. The highest BCUT2D eigenvalue weighted by Crippen LogP contribution is 2.31. The monoisotopic (exact) mass is 297 g/mol. The van der Waals surface area contributed by atoms with E-state index in [-0.39, 0.29) is 16.9 Å². The highest BCUT2D eigenvalue weighted by molar-refractivity contribution is 6.31. The lowest BCUT2D eigenvalue weighted by molar-refractivity contribution is 0.402. The van der Waals surface area contributed by atoms with Crippen LogP contribution in [0, 0.1) is 11.6 Å². The van der Waals surface area contributed by atoms with Gasteiger partial charge in [-0.05, 0) is 37.3 Å². The van der Waals surface area contributed by atoms with E-state index < -0.39 is 5.82 Å². The maximum absolute atomic E-state index is 13.9. The molecule has 0 saturated heterocycles. The minimum Gasteiger partial charge on any atom is -0.496 e. The lowest BCUT2D eigenvalue weighted by Gasteiger charge is -2.19. The molecule has 2 nitrogen and oxygen atoms in total. The van der Waals surface area contributed by atoms with Crippen LogP contribution >= 0.6 is 11.6 Å². The second kappa shape index (κ2) is 6.09. The van der Waals surface area contributed by atoms with E-state index in [0.29, 0.717) is 17.0 Å². The van der Waals surface area contributed by atoms with E-state index in [1.165, 1.54) is 25.3 Å². The highest BCUT2D eigenvalue weighted by Gasteiger charge is 2.16. The van der Waals surface area contributed by atoms with Gasteiger partial charge in [0.15, 0.2) is 0 Å². The fourth-order valence-electron chi connectivity index (χ4n) is 2.02. The number of hydrogen-bond acceptors (Lipinski definition) is 2. The largest absolute Gasteiger partial charge is 0.496 e. The van der Waals surface area contributed by atoms with Gasteiger partial charge in [-0.15, -0.1) is 0 Å². The van der Waals surface area contributed by atoms with Crippen LogP contribution < -0.4 is 10.1 Å². The van der Waals surface area contributed by atoms with Crippen LogP contribution in [0.5, 0.6) is 5.75 Å². The van der Waals surface area contributed by atoms with Crippen LogP contribution in [0.1, 0.15) is 18.5 Å². The normalized spacial score (nSPS) is 12.1. The summed E-state index contributed by atoms with van der Waals surface area (Å²) in [7, 11) is 1.49. The Morgan fingerprint density at radius 3 is 2.55 bits per heavy atom. The first kappa shape index (κ1) is 14.6. The molecular formula is C15H14ClF2NO. The van der Waals surface area contributed by atoms with Gasteiger partial charge in [0.05, 0.1) is 23.7 Å². The van der Waals surface area contributed by atoms with Gasteiger partial charge in [0.25, 0.3) is 0 Å². The van der Waals surface area contributed by atoms with Crippen molar-refractivity contribution in [2.45, 2.75) is 13.0 Å². The molecule has 0 aliphatic carbocycles. The van der Waals surface area contributed by atoms with Gasteiger partial charge in [0, 0.05) is 5.69 Å². The third kappa shape index (κ3) is 3.02. The molecule has 2 rings (SSSR count). The predicted molar refractivity (Wildman–Crippen MR) is 76.4 cm³/mol. The minimum atomic E-state index is -0.492. The van der Waals surface area contributed by atoms with Crippen LogP contribution in [-0.4, -0.2) is 7.11 Å². The third-order valence-electron chi connectivity index (χ3n) is 2.97. The number of rotatable bonds is 4. The number of hydrogen-bond donors (Lipinski definition) is 1. The van der Waals surface area contributed by atoms with Crippen LogP contribution in [0.2, 0.25) is 5.02 Å². The van der Waals surface area contributed by atoms with Crippen LogP contribution in [0.15, 0.2) is 36.4 Å². The average Bonchev–Trinajstić information content (AvgIpc) is 2.42. The zero-order valence-corrected chi connectivity index (χ0v) is 11.8. The smallest absolute Gasteiger partial charge is 0.141 e. The summed E-state index contributed by atoms with van der Waals surface area (Å²) in [6, 6.07) is 8.55. The fraction of sp³-hybridized carbons (Fsp3) is 0.200. The van der Waals surface area contributed by atoms with Gasteiger partial charge < -0.3 is 10.1 Å². The van der Waals surface area contributed by atoms with E-state index in [0.717, 1.165) is 0 Å². The molecule has 0 heterocycles. The van der Waals surface area contributed by atoms with Crippen molar-refractivity contribution in [2.24, 2.45) is 0 Å². The van der Waals surface area contributed by atoms with E-state index in [2.05, 4.69) is 5.32 Å². The van der Waals surface area contributed by atoms with Gasteiger partial charge in [-0.25, -0.2) is 8.78 Å². The van der Waals surface area contributed by atoms with Crippen molar-refractivity contribution < 1.29 is 13.5 Å². The molecule has 1 atom stereocenters. The number of ether oxygens (including phenoxy) is 1. The van der Waals surface area contributed by atoms with E-state index in [9.17, 15) is 8.78 Å². The summed E-state index contributed by atoms with van der Waals surface area (Å²) < 4.78 is 32.2. The molecule has 0 radical (unpaired) electrons. The molecule has 5 heteroatoms. The first-order valence-electron chi connectivity index (χ1n) is 6.07. The summed E-state index contributed by atoms with van der Waals surface area (Å²) in [4.78, 5) is 0. The average molecular weight is 298 g/mol. The molecule has 0 fully saturated rings. The minimum absolute atomic E-state index is 0.0164. The maximum Gasteiger partial charge on any atom is 0.141 e. The molecule has 0 aliphatic heterocycles. The van der Waals surface area contributed by atoms with Gasteiger partial charge in [-0.2, -0.15) is 0 Å². The Bertz CT molecular complexity index is 619. The molecule has 20 heavy (non-hydrogen) atoms. The molecular weight excluding hydrogens is 284 g/mol. The zero-order chi connectivity index (χ0) is 14.7. The Kier molecular flexibility index (Phi) is 4.45. The molecule has 0 amide bonds. The number of halogens is 3. The molecule has 0 spiro atoms. The van der Waals surface area contributed by atoms with E-state index >= 15 is 0 Å². The molecule has 1 unspecified atom stereocenters. The van der Waals surface area contributed by atoms with E-state index in [4.69, 9.17) is 16.3 Å². The number of anilines is 1. The van der Waals surface area contributed by atoms with E-state index in [1.807, 2.05) is 0 Å². The van der Waals surface area contributed by atoms with Gasteiger partial charge in [-0.3, -0.25) is 0 Å². The standard InChI is InChI=1S/C15H14ClF2NO/c1-9(15-13(18)4-3-5-14(15)20-2)19-10-6-7-12(17)11(16)8-10/h3-9,19H,1-2H3. The Morgan fingerprint density at radius 2 is 1.90 bits per heavy atom. The summed E-state index contributed by atoms with van der Waals surface area (Å²) in [6.07, 6.45) is 0. The Balaban J connectivity index is 2.28. The Hall–Kier alpha value is -1.81. The summed E-state index contributed by atoms with van der Waals surface area (Å²) >= 11 is 5.72. The van der Waals surface area contributed by atoms with Crippen molar-refractivity contribution in [2.75, 3.05) is 12.4 Å². The summed E-state index contributed by atoms with van der Waals surface area (Å²) in [5.74, 6) is -0.399. The molecule has 1 N–H and O–H groups in total. The van der Waals surface area contributed by atoms with Crippen LogP contribution in [0.25, 0.3) is 0 Å². The number of nitrogens with one attached hydrogen (secondary N) is 1. The van der Waals surface area contributed by atoms with Gasteiger partial charge in [-0.1, -0.05) is 17.7 Å². The maximum atomic E-state index is 13.9. The zero-order valence-electron chi connectivity index (χ0n) is 11.1. The van der Waals surface area contributed by atoms with Gasteiger partial charge in [0.2, 0.25) is 0 Å². The van der Waals surface area contributed by atoms with E-state index in [1.54, 1.807) is 25.1 Å². The SMILES string of the molecule is COc1cccc(F)c1C(C)Nc1ccc(F)c(Cl)c1. The third-order valence-corrected chi connectivity index (χ3v) is 3.26. The summed E-state index contributed by atoms with van der Waals surface area (Å²) in [6.45, 7) is 1.79. The van der Waals surface area contributed by atoms with Crippen molar-refractivity contribution in [3.05, 3.63) is 58.6 Å². The molecule has 2 aromatic rings. The quantitative estimate of drug-likeness (QED) is 0.875. The van der Waals surface area contributed by atoms with Crippen LogP contribution in [-0.2, 0) is 0 Å². The molecule has 0 saturated carbocycles. The van der Waals surface area contributed by atoms with Crippen molar-refractivity contribution >= 4 is 17.3 Å². The topological polar surface area (TPSA) is 21.3 Å². The number of benzene rings is 2. The molecule has 106 valence electrons. The molecule has 0 aliphatic rings. The predicted octanol–water partition coefficient (Wildman–Crippen LogP) is 4.80. The van der Waals surface area contributed by atoms with Crippen molar-refractivity contribution in [3.8, 4) is 5.75 Å². The summed E-state index contributed by atoms with van der Waals surface area (Å²) in [5, 5.41) is 3.09. The van der Waals surface area contributed by atoms with Crippen molar-refractivity contribution in [3.63, 3.8) is 0 Å². The Labute approximate surface area is 121 Å². The Morgan fingerprint density at radius 1 is 1.15 bits per heavy atom. The lowest BCUT2D eigenvalue weighted by atomic mass is 10.1. The van der Waals surface area contributed by atoms with Crippen molar-refractivity contribution in [1.82, 2.24) is 0 Å². The van der Waals surface area contributed by atoms with Crippen LogP contribution in [0.4, 0.5) is 14.5 Å². The second-order valence-corrected chi connectivity index (χ2v) is 4.76. The first-order valence-corrected chi connectivity index (χ1v) is 6.44. The van der Waals surface area contributed by atoms with Crippen LogP contribution in [0.3, 0.4) is 0 Å². The first-order chi connectivity index (χ1) is 9.52. The highest BCUT2D eigenvalue weighted by atomic mass is 35.5. The number of methoxy groups -OCH3 is 1. The van der Waals surface area contributed by atoms with Crippen molar-refractivity contribution in [1.29, 1.82) is 0 Å². The second-order valence-electron chi connectivity index (χ2n) is 4.35. The molecule has 2 aromatic carbocycles. The molecule has 0 bridgehead atoms. The fourth-order valence-corrected chi connectivity index (χ4v) is 2.20. The molecule has 0 aromatic heterocycles. The van der Waals surface area contributed by atoms with Gasteiger partial charge >= 0.3 is 0 Å². The van der Waals surface area contributed by atoms with Gasteiger partial charge in [0.1, 0.15) is 17.4 Å².